The summed E-state index contributed by atoms with van der Waals surface area (Å²) in [7, 11) is -3.61. The van der Waals surface area contributed by atoms with Gasteiger partial charge in [0, 0.05) is 24.4 Å². The molecule has 1 N–H and O–H groups in total. The lowest BCUT2D eigenvalue weighted by Gasteiger charge is -2.38. The Morgan fingerprint density at radius 1 is 1.32 bits per heavy atom. The van der Waals surface area contributed by atoms with Crippen molar-refractivity contribution in [3.63, 3.8) is 0 Å². The summed E-state index contributed by atoms with van der Waals surface area (Å²) in [6, 6.07) is 3.61. The van der Waals surface area contributed by atoms with E-state index < -0.39 is 27.6 Å². The van der Waals surface area contributed by atoms with Crippen molar-refractivity contribution in [3.05, 3.63) is 59.0 Å². The lowest BCUT2D eigenvalue weighted by molar-refractivity contribution is -0.137. The van der Waals surface area contributed by atoms with Crippen LogP contribution in [0.3, 0.4) is 0 Å². The molecule has 1 aliphatic heterocycles. The minimum absolute atomic E-state index is 0.0699. The van der Waals surface area contributed by atoms with Gasteiger partial charge in [0.15, 0.2) is 11.6 Å². The molecule has 0 bridgehead atoms. The van der Waals surface area contributed by atoms with E-state index in [2.05, 4.69) is 0 Å². The average Bonchev–Trinajstić information content (AvgIpc) is 2.49. The van der Waals surface area contributed by atoms with Crippen molar-refractivity contribution in [2.45, 2.75) is 31.7 Å². The molecular formula is C17H19F2NO4S. The molecule has 25 heavy (non-hydrogen) atoms. The van der Waals surface area contributed by atoms with Crippen molar-refractivity contribution in [2.75, 3.05) is 6.54 Å². The van der Waals surface area contributed by atoms with Crippen LogP contribution in [0.25, 0.3) is 0 Å². The normalized spacial score (nSPS) is 18.7. The van der Waals surface area contributed by atoms with Crippen LogP contribution in [-0.4, -0.2) is 36.4 Å². The van der Waals surface area contributed by atoms with E-state index in [1.54, 1.807) is 0 Å². The Morgan fingerprint density at radius 2 is 2.08 bits per heavy atom. The number of allylic oxidation sites excluding steroid dienone is 3. The SMILES string of the molecule is O=C(O)CCC1CCN1S(=O)(=O)/C=C/C=C\Cc1cccc(F)c1F. The second-order valence-corrected chi connectivity index (χ2v) is 7.48. The molecule has 8 heteroatoms. The molecule has 1 atom stereocenters. The highest BCUT2D eigenvalue weighted by Gasteiger charge is 2.35. The summed E-state index contributed by atoms with van der Waals surface area (Å²) in [5.41, 5.74) is 0.184. The predicted molar refractivity (Wildman–Crippen MR) is 89.2 cm³/mol. The first-order chi connectivity index (χ1) is 11.8. The summed E-state index contributed by atoms with van der Waals surface area (Å²) < 4.78 is 52.1. The fourth-order valence-electron chi connectivity index (χ4n) is 2.53. The Balaban J connectivity index is 1.90. The molecule has 1 saturated heterocycles. The van der Waals surface area contributed by atoms with Gasteiger partial charge in [0.05, 0.1) is 0 Å². The topological polar surface area (TPSA) is 74.7 Å². The molecule has 1 unspecified atom stereocenters. The minimum Gasteiger partial charge on any atom is -0.481 e. The zero-order chi connectivity index (χ0) is 18.4. The van der Waals surface area contributed by atoms with E-state index in [9.17, 15) is 22.0 Å². The zero-order valence-corrected chi connectivity index (χ0v) is 14.3. The van der Waals surface area contributed by atoms with Gasteiger partial charge >= 0.3 is 5.97 Å². The molecule has 136 valence electrons. The van der Waals surface area contributed by atoms with Gasteiger partial charge in [0.1, 0.15) is 0 Å². The maximum absolute atomic E-state index is 13.5. The summed E-state index contributed by atoms with van der Waals surface area (Å²) in [5, 5.41) is 9.69. The highest BCUT2D eigenvalue weighted by molar-refractivity contribution is 7.92. The van der Waals surface area contributed by atoms with Crippen LogP contribution in [-0.2, 0) is 21.2 Å². The smallest absolute Gasteiger partial charge is 0.303 e. The van der Waals surface area contributed by atoms with Crippen LogP contribution in [0.1, 0.15) is 24.8 Å². The molecule has 1 aliphatic rings. The number of rotatable bonds is 8. The maximum Gasteiger partial charge on any atom is 0.303 e. The third-order valence-corrected chi connectivity index (χ3v) is 5.61. The molecule has 0 radical (unpaired) electrons. The van der Waals surface area contributed by atoms with Crippen LogP contribution in [0.15, 0.2) is 41.8 Å². The van der Waals surface area contributed by atoms with E-state index in [-0.39, 0.29) is 30.9 Å². The van der Waals surface area contributed by atoms with Crippen molar-refractivity contribution in [1.29, 1.82) is 0 Å². The van der Waals surface area contributed by atoms with Crippen LogP contribution in [0, 0.1) is 11.6 Å². The number of hydrogen-bond donors (Lipinski definition) is 1. The quantitative estimate of drug-likeness (QED) is 0.713. The van der Waals surface area contributed by atoms with E-state index in [1.165, 1.54) is 34.7 Å². The summed E-state index contributed by atoms with van der Waals surface area (Å²) in [4.78, 5) is 10.6. The third kappa shape index (κ3) is 5.20. The number of carbonyl (C=O) groups is 1. The molecule has 1 aromatic rings. The van der Waals surface area contributed by atoms with Gasteiger partial charge in [-0.15, -0.1) is 0 Å². The fraction of sp³-hybridized carbons (Fsp3) is 0.353. The number of nitrogens with zero attached hydrogens (tertiary/aromatic N) is 1. The zero-order valence-electron chi connectivity index (χ0n) is 13.4. The van der Waals surface area contributed by atoms with Crippen LogP contribution in [0.5, 0.6) is 0 Å². The predicted octanol–water partition coefficient (Wildman–Crippen LogP) is 2.85. The van der Waals surface area contributed by atoms with Gasteiger partial charge < -0.3 is 5.11 Å². The molecule has 0 amide bonds. The first kappa shape index (κ1) is 19.3. The van der Waals surface area contributed by atoms with Crippen molar-refractivity contribution in [3.8, 4) is 0 Å². The van der Waals surface area contributed by atoms with Crippen LogP contribution < -0.4 is 0 Å². The lowest BCUT2D eigenvalue weighted by atomic mass is 10.0. The number of hydrogen-bond acceptors (Lipinski definition) is 3. The molecule has 0 spiro atoms. The largest absolute Gasteiger partial charge is 0.481 e. The van der Waals surface area contributed by atoms with Crippen LogP contribution in [0.2, 0.25) is 0 Å². The summed E-state index contributed by atoms with van der Waals surface area (Å²) in [5.74, 6) is -2.79. The molecule has 1 fully saturated rings. The number of benzene rings is 1. The highest BCUT2D eigenvalue weighted by atomic mass is 32.2. The highest BCUT2D eigenvalue weighted by Crippen LogP contribution is 2.26. The van der Waals surface area contributed by atoms with Gasteiger partial charge in [-0.3, -0.25) is 4.79 Å². The van der Waals surface area contributed by atoms with Gasteiger partial charge in [-0.05, 0) is 37.0 Å². The number of carboxylic acid groups (broad SMARTS) is 1. The molecule has 1 aromatic carbocycles. The first-order valence-electron chi connectivity index (χ1n) is 7.81. The summed E-state index contributed by atoms with van der Waals surface area (Å²) in [6.07, 6.45) is 5.31. The van der Waals surface area contributed by atoms with E-state index in [0.29, 0.717) is 13.0 Å². The van der Waals surface area contributed by atoms with Gasteiger partial charge in [0.25, 0.3) is 0 Å². The van der Waals surface area contributed by atoms with E-state index in [1.807, 2.05) is 0 Å². The van der Waals surface area contributed by atoms with E-state index >= 15 is 0 Å². The first-order valence-corrected chi connectivity index (χ1v) is 9.31. The average molecular weight is 371 g/mol. The number of aliphatic carboxylic acids is 1. The van der Waals surface area contributed by atoms with Crippen molar-refractivity contribution in [2.24, 2.45) is 0 Å². The second-order valence-electron chi connectivity index (χ2n) is 5.70. The molecule has 0 aliphatic carbocycles. The van der Waals surface area contributed by atoms with Gasteiger partial charge in [-0.25, -0.2) is 17.2 Å². The maximum atomic E-state index is 13.5. The Kier molecular flexibility index (Phi) is 6.44. The number of carboxylic acids is 1. The van der Waals surface area contributed by atoms with Crippen molar-refractivity contribution < 1.29 is 27.1 Å². The van der Waals surface area contributed by atoms with Gasteiger partial charge in [0.2, 0.25) is 10.0 Å². The summed E-state index contributed by atoms with van der Waals surface area (Å²) in [6.45, 7) is 0.370. The van der Waals surface area contributed by atoms with E-state index in [4.69, 9.17) is 5.11 Å². The monoisotopic (exact) mass is 371 g/mol. The van der Waals surface area contributed by atoms with Crippen molar-refractivity contribution in [1.82, 2.24) is 4.31 Å². The Bertz CT molecular complexity index is 790. The molecule has 0 aromatic heterocycles. The van der Waals surface area contributed by atoms with Gasteiger partial charge in [-0.1, -0.05) is 24.3 Å². The van der Waals surface area contributed by atoms with Crippen molar-refractivity contribution >= 4 is 16.0 Å². The molecule has 1 heterocycles. The molecule has 0 saturated carbocycles. The molecule has 5 nitrogen and oxygen atoms in total. The van der Waals surface area contributed by atoms with Crippen LogP contribution >= 0.6 is 0 Å². The summed E-state index contributed by atoms with van der Waals surface area (Å²) >= 11 is 0. The lowest BCUT2D eigenvalue weighted by Crippen LogP contribution is -2.50. The minimum atomic E-state index is -3.61. The number of halogens is 2. The Hall–Kier alpha value is -2.06. The van der Waals surface area contributed by atoms with E-state index in [0.717, 1.165) is 11.5 Å². The fourth-order valence-corrected chi connectivity index (χ4v) is 3.96. The Labute approximate surface area is 145 Å². The third-order valence-electron chi connectivity index (χ3n) is 3.98. The second kappa shape index (κ2) is 8.35. The van der Waals surface area contributed by atoms with Crippen LogP contribution in [0.4, 0.5) is 8.78 Å². The van der Waals surface area contributed by atoms with Gasteiger partial charge in [-0.2, -0.15) is 4.31 Å². The number of sulfonamides is 1. The standard InChI is InChI=1S/C17H19F2NO4S/c18-15-7-4-6-13(17(15)19)5-2-1-3-12-25(23,24)20-11-10-14(20)8-9-16(21)22/h1-4,6-7,12,14H,5,8-11H2,(H,21,22)/b2-1-,12-3+. The Morgan fingerprint density at radius 3 is 2.72 bits per heavy atom. The molecule has 2 rings (SSSR count). The molecular weight excluding hydrogens is 352 g/mol.